The Balaban J connectivity index is 2.92. The third-order valence-electron chi connectivity index (χ3n) is 3.16. The van der Waals surface area contributed by atoms with Crippen LogP contribution in [0.4, 0.5) is 0 Å². The molecule has 4 nitrogen and oxygen atoms in total. The van der Waals surface area contributed by atoms with Gasteiger partial charge in [0.05, 0.1) is 18.3 Å². The van der Waals surface area contributed by atoms with Gasteiger partial charge in [0.1, 0.15) is 6.61 Å². The summed E-state index contributed by atoms with van der Waals surface area (Å²) in [5.74, 6) is 0.879. The normalized spacial score (nSPS) is 11.1. The van der Waals surface area contributed by atoms with Crippen LogP contribution < -0.4 is 9.47 Å². The zero-order valence-electron chi connectivity index (χ0n) is 11.1. The van der Waals surface area contributed by atoms with Gasteiger partial charge in [-0.15, -0.1) is 0 Å². The van der Waals surface area contributed by atoms with Gasteiger partial charge in [-0.05, 0) is 25.0 Å². The van der Waals surface area contributed by atoms with Crippen LogP contribution in [0.2, 0.25) is 0 Å². The van der Waals surface area contributed by atoms with Gasteiger partial charge in [0.15, 0.2) is 17.8 Å². The summed E-state index contributed by atoms with van der Waals surface area (Å²) in [6, 6.07) is 5.10. The van der Waals surface area contributed by atoms with Crippen LogP contribution in [-0.2, 0) is 0 Å². The van der Waals surface area contributed by atoms with Gasteiger partial charge in [0.2, 0.25) is 0 Å². The zero-order chi connectivity index (χ0) is 13.6. The molecular weight excluding hydrogens is 232 g/mol. The van der Waals surface area contributed by atoms with E-state index in [1.807, 2.05) is 13.8 Å². The van der Waals surface area contributed by atoms with Crippen molar-refractivity contribution in [3.63, 3.8) is 0 Å². The molecule has 0 amide bonds. The summed E-state index contributed by atoms with van der Waals surface area (Å²) in [7, 11) is 1.52. The highest BCUT2D eigenvalue weighted by Gasteiger charge is 2.24. The summed E-state index contributed by atoms with van der Waals surface area (Å²) >= 11 is 0. The molecule has 0 unspecified atom stereocenters. The van der Waals surface area contributed by atoms with Crippen LogP contribution in [0.3, 0.4) is 0 Å². The summed E-state index contributed by atoms with van der Waals surface area (Å²) in [6.07, 6.45) is 1.90. The number of carbonyl (C=O) groups excluding carboxylic acids is 1. The van der Waals surface area contributed by atoms with Crippen molar-refractivity contribution >= 4 is 6.29 Å². The SMILES string of the molecule is CCC(O)(CC)COc1c(C=O)cccc1OC. The Hall–Kier alpha value is -1.55. The molecule has 0 aliphatic carbocycles. The number of aldehydes is 1. The zero-order valence-corrected chi connectivity index (χ0v) is 11.1. The number of methoxy groups -OCH3 is 1. The topological polar surface area (TPSA) is 55.8 Å². The van der Waals surface area contributed by atoms with E-state index in [-0.39, 0.29) is 6.61 Å². The van der Waals surface area contributed by atoms with E-state index in [9.17, 15) is 9.90 Å². The summed E-state index contributed by atoms with van der Waals surface area (Å²) < 4.78 is 10.7. The summed E-state index contributed by atoms with van der Waals surface area (Å²) in [4.78, 5) is 11.0. The molecule has 18 heavy (non-hydrogen) atoms. The van der Waals surface area contributed by atoms with Gasteiger partial charge in [0.25, 0.3) is 0 Å². The molecule has 1 N–H and O–H groups in total. The lowest BCUT2D eigenvalue weighted by Gasteiger charge is -2.25. The lowest BCUT2D eigenvalue weighted by atomic mass is 9.99. The Morgan fingerprint density at radius 3 is 2.50 bits per heavy atom. The molecule has 4 heteroatoms. The Labute approximate surface area is 108 Å². The predicted molar refractivity (Wildman–Crippen MR) is 69.4 cm³/mol. The molecule has 0 aliphatic heterocycles. The Morgan fingerprint density at radius 2 is 2.00 bits per heavy atom. The van der Waals surface area contributed by atoms with E-state index in [1.165, 1.54) is 7.11 Å². The third-order valence-corrected chi connectivity index (χ3v) is 3.16. The summed E-state index contributed by atoms with van der Waals surface area (Å²) in [6.45, 7) is 3.94. The number of benzene rings is 1. The predicted octanol–water partition coefficient (Wildman–Crippen LogP) is 2.44. The summed E-state index contributed by atoms with van der Waals surface area (Å²) in [5.41, 5.74) is -0.454. The quantitative estimate of drug-likeness (QED) is 0.757. The molecule has 0 bridgehead atoms. The van der Waals surface area contributed by atoms with Crippen LogP contribution in [0.1, 0.15) is 37.0 Å². The van der Waals surface area contributed by atoms with E-state index in [0.717, 1.165) is 6.29 Å². The van der Waals surface area contributed by atoms with Gasteiger partial charge in [-0.2, -0.15) is 0 Å². The number of ether oxygens (including phenoxy) is 2. The first-order valence-electron chi connectivity index (χ1n) is 6.07. The minimum atomic E-state index is -0.874. The first-order valence-corrected chi connectivity index (χ1v) is 6.07. The van der Waals surface area contributed by atoms with Gasteiger partial charge in [0, 0.05) is 0 Å². The molecule has 0 saturated carbocycles. The number of rotatable bonds is 7. The van der Waals surface area contributed by atoms with Gasteiger partial charge in [-0.25, -0.2) is 0 Å². The molecule has 0 aromatic heterocycles. The van der Waals surface area contributed by atoms with E-state index in [2.05, 4.69) is 0 Å². The molecule has 0 fully saturated rings. The molecule has 0 spiro atoms. The first-order chi connectivity index (χ1) is 8.60. The third kappa shape index (κ3) is 3.23. The Morgan fingerprint density at radius 1 is 1.33 bits per heavy atom. The first kappa shape index (κ1) is 14.5. The molecule has 0 aliphatic rings. The maximum Gasteiger partial charge on any atom is 0.171 e. The molecule has 0 radical (unpaired) electrons. The fraction of sp³-hybridized carbons (Fsp3) is 0.500. The van der Waals surface area contributed by atoms with Crippen molar-refractivity contribution in [3.8, 4) is 11.5 Å². The largest absolute Gasteiger partial charge is 0.493 e. The Kier molecular flexibility index (Phi) is 5.16. The van der Waals surface area contributed by atoms with Gasteiger partial charge in [-0.3, -0.25) is 4.79 Å². The monoisotopic (exact) mass is 252 g/mol. The lowest BCUT2D eigenvalue weighted by Crippen LogP contribution is -2.34. The number of hydrogen-bond donors (Lipinski definition) is 1. The molecule has 1 aromatic rings. The molecule has 0 heterocycles. The highest BCUT2D eigenvalue weighted by molar-refractivity contribution is 5.81. The Bertz CT molecular complexity index is 397. The minimum absolute atomic E-state index is 0.140. The molecule has 100 valence electrons. The van der Waals surface area contributed by atoms with Gasteiger partial charge < -0.3 is 14.6 Å². The summed E-state index contributed by atoms with van der Waals surface area (Å²) in [5, 5.41) is 10.2. The van der Waals surface area contributed by atoms with Crippen molar-refractivity contribution in [2.75, 3.05) is 13.7 Å². The smallest absolute Gasteiger partial charge is 0.171 e. The second kappa shape index (κ2) is 6.40. The molecule has 0 atom stereocenters. The van der Waals surface area contributed by atoms with Crippen molar-refractivity contribution < 1.29 is 19.4 Å². The van der Waals surface area contributed by atoms with Crippen LogP contribution in [0.5, 0.6) is 11.5 Å². The molecular formula is C14H20O4. The fourth-order valence-corrected chi connectivity index (χ4v) is 1.60. The van der Waals surface area contributed by atoms with Crippen molar-refractivity contribution in [2.24, 2.45) is 0 Å². The lowest BCUT2D eigenvalue weighted by molar-refractivity contribution is -0.0121. The minimum Gasteiger partial charge on any atom is -0.493 e. The van der Waals surface area contributed by atoms with E-state index in [1.54, 1.807) is 18.2 Å². The number of carbonyl (C=O) groups is 1. The fourth-order valence-electron chi connectivity index (χ4n) is 1.60. The highest BCUT2D eigenvalue weighted by atomic mass is 16.5. The van der Waals surface area contributed by atoms with Crippen LogP contribution in [0.15, 0.2) is 18.2 Å². The second-order valence-corrected chi connectivity index (χ2v) is 4.22. The van der Waals surface area contributed by atoms with Crippen molar-refractivity contribution in [1.82, 2.24) is 0 Å². The average molecular weight is 252 g/mol. The van der Waals surface area contributed by atoms with E-state index in [0.29, 0.717) is 29.9 Å². The van der Waals surface area contributed by atoms with E-state index < -0.39 is 5.60 Å². The number of hydrogen-bond acceptors (Lipinski definition) is 4. The van der Waals surface area contributed by atoms with E-state index >= 15 is 0 Å². The highest BCUT2D eigenvalue weighted by Crippen LogP contribution is 2.31. The number of aliphatic hydroxyl groups is 1. The maximum absolute atomic E-state index is 11.0. The van der Waals surface area contributed by atoms with Crippen molar-refractivity contribution in [2.45, 2.75) is 32.3 Å². The molecule has 0 saturated heterocycles. The molecule has 1 rings (SSSR count). The van der Waals surface area contributed by atoms with Crippen LogP contribution >= 0.6 is 0 Å². The maximum atomic E-state index is 11.0. The van der Waals surface area contributed by atoms with E-state index in [4.69, 9.17) is 9.47 Å². The second-order valence-electron chi connectivity index (χ2n) is 4.22. The van der Waals surface area contributed by atoms with Crippen LogP contribution in [0.25, 0.3) is 0 Å². The van der Waals surface area contributed by atoms with Crippen molar-refractivity contribution in [1.29, 1.82) is 0 Å². The van der Waals surface area contributed by atoms with Crippen molar-refractivity contribution in [3.05, 3.63) is 23.8 Å². The van der Waals surface area contributed by atoms with Crippen LogP contribution in [0, 0.1) is 0 Å². The van der Waals surface area contributed by atoms with Gasteiger partial charge >= 0.3 is 0 Å². The average Bonchev–Trinajstić information content (AvgIpc) is 2.44. The molecule has 1 aromatic carbocycles. The van der Waals surface area contributed by atoms with Gasteiger partial charge in [-0.1, -0.05) is 19.9 Å². The van der Waals surface area contributed by atoms with Crippen LogP contribution in [-0.4, -0.2) is 30.7 Å². The number of para-hydroxylation sites is 1. The standard InChI is InChI=1S/C14H20O4/c1-4-14(16,5-2)10-18-13-11(9-15)7-6-8-12(13)17-3/h6-9,16H,4-5,10H2,1-3H3.